The Labute approximate surface area is 122 Å². The number of piperidine rings is 1. The summed E-state index contributed by atoms with van der Waals surface area (Å²) in [5.41, 5.74) is 5.69. The van der Waals surface area contributed by atoms with E-state index in [1.165, 1.54) is 12.1 Å². The number of furan rings is 1. The standard InChI is InChI=1S/C12H17N3O4.ClH/c1-8-4-5-14(9(6-8)7-13)12(16)10-2-3-11(19-10)15(17)18;/h2-3,8-9H,4-7,13H2,1H3;1H. The van der Waals surface area contributed by atoms with Gasteiger partial charge in [0, 0.05) is 19.1 Å². The Bertz CT molecular complexity index is 491. The molecule has 112 valence electrons. The van der Waals surface area contributed by atoms with Crippen molar-refractivity contribution in [2.45, 2.75) is 25.8 Å². The molecule has 0 radical (unpaired) electrons. The first-order chi connectivity index (χ1) is 9.02. The van der Waals surface area contributed by atoms with Crippen LogP contribution in [0.1, 0.15) is 30.3 Å². The lowest BCUT2D eigenvalue weighted by Crippen LogP contribution is -2.49. The smallest absolute Gasteiger partial charge is 0.395 e. The van der Waals surface area contributed by atoms with Crippen LogP contribution >= 0.6 is 12.4 Å². The van der Waals surface area contributed by atoms with Crippen molar-refractivity contribution < 1.29 is 14.1 Å². The van der Waals surface area contributed by atoms with Crippen LogP contribution in [-0.4, -0.2) is 34.9 Å². The van der Waals surface area contributed by atoms with E-state index in [1.807, 2.05) is 0 Å². The normalized spacial score (nSPS) is 22.2. The van der Waals surface area contributed by atoms with Crippen LogP contribution in [0, 0.1) is 16.0 Å². The number of amides is 1. The van der Waals surface area contributed by atoms with E-state index in [0.29, 0.717) is 19.0 Å². The zero-order valence-corrected chi connectivity index (χ0v) is 12.0. The number of rotatable bonds is 3. The molecule has 2 unspecified atom stereocenters. The molecule has 8 heteroatoms. The van der Waals surface area contributed by atoms with Gasteiger partial charge in [-0.05, 0) is 24.8 Å². The van der Waals surface area contributed by atoms with Gasteiger partial charge < -0.3 is 15.1 Å². The molecule has 1 amide bonds. The molecule has 2 atom stereocenters. The van der Waals surface area contributed by atoms with Crippen LogP contribution in [-0.2, 0) is 0 Å². The fourth-order valence-electron chi connectivity index (χ4n) is 2.42. The Morgan fingerprint density at radius 1 is 1.60 bits per heavy atom. The zero-order valence-electron chi connectivity index (χ0n) is 11.2. The number of nitrogens with zero attached hydrogens (tertiary/aromatic N) is 2. The van der Waals surface area contributed by atoms with Crippen LogP contribution in [0.15, 0.2) is 16.5 Å². The maximum Gasteiger partial charge on any atom is 0.433 e. The van der Waals surface area contributed by atoms with Gasteiger partial charge in [-0.3, -0.25) is 14.9 Å². The molecular formula is C12H18ClN3O4. The molecule has 0 saturated carbocycles. The van der Waals surface area contributed by atoms with Gasteiger partial charge in [-0.1, -0.05) is 6.92 Å². The Morgan fingerprint density at radius 2 is 2.30 bits per heavy atom. The number of nitro groups is 1. The number of likely N-dealkylation sites (tertiary alicyclic amines) is 1. The molecule has 0 spiro atoms. The third kappa shape index (κ3) is 3.29. The Kier molecular flexibility index (Phi) is 5.52. The van der Waals surface area contributed by atoms with Gasteiger partial charge in [-0.25, -0.2) is 0 Å². The van der Waals surface area contributed by atoms with Gasteiger partial charge in [0.2, 0.25) is 0 Å². The molecule has 1 fully saturated rings. The van der Waals surface area contributed by atoms with E-state index in [4.69, 9.17) is 10.2 Å². The van der Waals surface area contributed by atoms with Crippen molar-refractivity contribution in [2.75, 3.05) is 13.1 Å². The van der Waals surface area contributed by atoms with Crippen molar-refractivity contribution in [1.29, 1.82) is 0 Å². The summed E-state index contributed by atoms with van der Waals surface area (Å²) >= 11 is 0. The lowest BCUT2D eigenvalue weighted by atomic mass is 9.92. The van der Waals surface area contributed by atoms with Gasteiger partial charge in [0.1, 0.15) is 4.92 Å². The molecule has 0 bridgehead atoms. The topological polar surface area (TPSA) is 103 Å². The van der Waals surface area contributed by atoms with Gasteiger partial charge in [0.05, 0.1) is 6.07 Å². The van der Waals surface area contributed by atoms with Crippen LogP contribution in [0.25, 0.3) is 0 Å². The van der Waals surface area contributed by atoms with E-state index in [0.717, 1.165) is 12.8 Å². The van der Waals surface area contributed by atoms with Crippen molar-refractivity contribution in [1.82, 2.24) is 4.90 Å². The van der Waals surface area contributed by atoms with E-state index < -0.39 is 10.8 Å². The molecule has 1 aliphatic heterocycles. The number of hydrogen-bond donors (Lipinski definition) is 1. The minimum atomic E-state index is -0.657. The van der Waals surface area contributed by atoms with Crippen molar-refractivity contribution >= 4 is 24.2 Å². The van der Waals surface area contributed by atoms with Crippen LogP contribution in [0.5, 0.6) is 0 Å². The molecule has 2 heterocycles. The van der Waals surface area contributed by atoms with Crippen molar-refractivity contribution in [3.63, 3.8) is 0 Å². The van der Waals surface area contributed by atoms with E-state index in [-0.39, 0.29) is 30.1 Å². The largest absolute Gasteiger partial charge is 0.433 e. The van der Waals surface area contributed by atoms with Crippen molar-refractivity contribution in [3.8, 4) is 0 Å². The van der Waals surface area contributed by atoms with Gasteiger partial charge in [-0.2, -0.15) is 0 Å². The van der Waals surface area contributed by atoms with Gasteiger partial charge in [0.15, 0.2) is 5.76 Å². The average Bonchev–Trinajstić information content (AvgIpc) is 2.87. The SMILES string of the molecule is CC1CCN(C(=O)c2ccc([N+](=O)[O-])o2)C(CN)C1.Cl. The number of nitrogens with two attached hydrogens (primary N) is 1. The molecule has 1 aliphatic rings. The van der Waals surface area contributed by atoms with Gasteiger partial charge >= 0.3 is 5.88 Å². The molecule has 1 aromatic heterocycles. The molecule has 1 saturated heterocycles. The van der Waals surface area contributed by atoms with Gasteiger partial charge in [-0.15, -0.1) is 12.4 Å². The van der Waals surface area contributed by atoms with Crippen LogP contribution in [0.4, 0.5) is 5.88 Å². The van der Waals surface area contributed by atoms with Crippen LogP contribution < -0.4 is 5.73 Å². The molecule has 0 aliphatic carbocycles. The molecule has 20 heavy (non-hydrogen) atoms. The fourth-order valence-corrected chi connectivity index (χ4v) is 2.42. The summed E-state index contributed by atoms with van der Waals surface area (Å²) in [6, 6.07) is 2.50. The predicted molar refractivity (Wildman–Crippen MR) is 74.9 cm³/mol. The summed E-state index contributed by atoms with van der Waals surface area (Å²) < 4.78 is 4.95. The lowest BCUT2D eigenvalue weighted by molar-refractivity contribution is -0.402. The fraction of sp³-hybridized carbons (Fsp3) is 0.583. The minimum Gasteiger partial charge on any atom is -0.395 e. The second kappa shape index (κ2) is 6.71. The summed E-state index contributed by atoms with van der Waals surface area (Å²) in [6.07, 6.45) is 1.76. The van der Waals surface area contributed by atoms with E-state index in [9.17, 15) is 14.9 Å². The predicted octanol–water partition coefficient (Wildman–Crippen LogP) is 1.81. The third-order valence-electron chi connectivity index (χ3n) is 3.49. The summed E-state index contributed by atoms with van der Waals surface area (Å²) in [5, 5.41) is 10.5. The lowest BCUT2D eigenvalue weighted by Gasteiger charge is -2.37. The quantitative estimate of drug-likeness (QED) is 0.677. The molecule has 7 nitrogen and oxygen atoms in total. The molecular weight excluding hydrogens is 286 g/mol. The second-order valence-corrected chi connectivity index (χ2v) is 4.91. The van der Waals surface area contributed by atoms with Crippen LogP contribution in [0.2, 0.25) is 0 Å². The van der Waals surface area contributed by atoms with Crippen molar-refractivity contribution in [2.24, 2.45) is 11.7 Å². The second-order valence-electron chi connectivity index (χ2n) is 4.91. The van der Waals surface area contributed by atoms with E-state index in [2.05, 4.69) is 6.92 Å². The highest BCUT2D eigenvalue weighted by molar-refractivity contribution is 5.92. The zero-order chi connectivity index (χ0) is 14.0. The van der Waals surface area contributed by atoms with E-state index >= 15 is 0 Å². The molecule has 2 rings (SSSR count). The van der Waals surface area contributed by atoms with E-state index in [1.54, 1.807) is 4.90 Å². The molecule has 2 N–H and O–H groups in total. The monoisotopic (exact) mass is 303 g/mol. The summed E-state index contributed by atoms with van der Waals surface area (Å²) in [6.45, 7) is 3.12. The highest BCUT2D eigenvalue weighted by atomic mass is 35.5. The summed E-state index contributed by atoms with van der Waals surface area (Å²) in [5.74, 6) is -0.211. The highest BCUT2D eigenvalue weighted by Crippen LogP contribution is 2.25. The number of carbonyl (C=O) groups is 1. The Balaban J connectivity index is 0.00000200. The number of carbonyl (C=O) groups excluding carboxylic acids is 1. The first kappa shape index (κ1) is 16.5. The molecule has 1 aromatic rings. The summed E-state index contributed by atoms with van der Waals surface area (Å²) in [4.78, 5) is 23.8. The maximum atomic E-state index is 12.3. The summed E-state index contributed by atoms with van der Waals surface area (Å²) in [7, 11) is 0. The first-order valence-corrected chi connectivity index (χ1v) is 6.28. The Morgan fingerprint density at radius 3 is 2.85 bits per heavy atom. The first-order valence-electron chi connectivity index (χ1n) is 6.28. The highest BCUT2D eigenvalue weighted by Gasteiger charge is 2.31. The third-order valence-corrected chi connectivity index (χ3v) is 3.49. The van der Waals surface area contributed by atoms with Gasteiger partial charge in [0.25, 0.3) is 5.91 Å². The average molecular weight is 304 g/mol. The maximum absolute atomic E-state index is 12.3. The number of hydrogen-bond acceptors (Lipinski definition) is 5. The van der Waals surface area contributed by atoms with Crippen molar-refractivity contribution in [3.05, 3.63) is 28.0 Å². The molecule has 0 aromatic carbocycles. The number of halogens is 1. The Hall–Kier alpha value is -1.60. The minimum absolute atomic E-state index is 0. The van der Waals surface area contributed by atoms with Crippen LogP contribution in [0.3, 0.4) is 0 Å².